The lowest BCUT2D eigenvalue weighted by molar-refractivity contribution is 0.0770. The van der Waals surface area contributed by atoms with Gasteiger partial charge in [-0.15, -0.1) is 0 Å². The number of hydrogen-bond donors (Lipinski definition) is 0. The number of unbranched alkanes of at least 4 members (excludes halogenated alkanes) is 1. The summed E-state index contributed by atoms with van der Waals surface area (Å²) in [6.07, 6.45) is 2.14. The molecule has 0 saturated heterocycles. The van der Waals surface area contributed by atoms with Crippen molar-refractivity contribution in [2.45, 2.75) is 26.4 Å². The van der Waals surface area contributed by atoms with Gasteiger partial charge in [-0.25, -0.2) is 4.79 Å². The predicted molar refractivity (Wildman–Crippen MR) is 65.3 cm³/mol. The highest BCUT2D eigenvalue weighted by Gasteiger charge is 2.11. The maximum atomic E-state index is 11.4. The molecular weight excluding hydrogens is 272 g/mol. The van der Waals surface area contributed by atoms with Crippen LogP contribution < -0.4 is 0 Å². The summed E-state index contributed by atoms with van der Waals surface area (Å²) < 4.78 is 9.99. The average Bonchev–Trinajstić information content (AvgIpc) is 2.34. The lowest BCUT2D eigenvalue weighted by Gasteiger charge is -2.07. The Morgan fingerprint density at radius 1 is 1.38 bits per heavy atom. The molecule has 0 saturated carbocycles. The molecule has 0 aliphatic carbocycles. The minimum atomic E-state index is -0.394. The number of benzene rings is 1. The standard InChI is InChI=1S/C12H15BrO3/c1-2-3-8-15-9-10-6-4-5-7-11(10)12(14)16-13/h4-7H,2-3,8-9H2,1H3. The zero-order valence-electron chi connectivity index (χ0n) is 9.24. The Hall–Kier alpha value is -0.870. The zero-order valence-corrected chi connectivity index (χ0v) is 10.8. The van der Waals surface area contributed by atoms with Crippen molar-refractivity contribution in [3.63, 3.8) is 0 Å². The van der Waals surface area contributed by atoms with E-state index >= 15 is 0 Å². The molecule has 0 fully saturated rings. The Morgan fingerprint density at radius 2 is 2.12 bits per heavy atom. The Labute approximate surface area is 104 Å². The van der Waals surface area contributed by atoms with Crippen molar-refractivity contribution in [1.29, 1.82) is 0 Å². The third kappa shape index (κ3) is 3.94. The van der Waals surface area contributed by atoms with Crippen LogP contribution in [0.2, 0.25) is 0 Å². The Balaban J connectivity index is 2.60. The smallest absolute Gasteiger partial charge is 0.349 e. The minimum absolute atomic E-state index is 0.394. The molecule has 0 aromatic heterocycles. The third-order valence-electron chi connectivity index (χ3n) is 2.21. The number of rotatable bonds is 6. The molecular formula is C12H15BrO3. The average molecular weight is 287 g/mol. The summed E-state index contributed by atoms with van der Waals surface area (Å²) in [5.41, 5.74) is 1.39. The molecule has 0 bridgehead atoms. The number of ether oxygens (including phenoxy) is 1. The van der Waals surface area contributed by atoms with Gasteiger partial charge in [0.25, 0.3) is 0 Å². The summed E-state index contributed by atoms with van der Waals surface area (Å²) in [6, 6.07) is 7.27. The monoisotopic (exact) mass is 286 g/mol. The van der Waals surface area contributed by atoms with Gasteiger partial charge in [-0.3, -0.25) is 0 Å². The molecule has 0 heterocycles. The van der Waals surface area contributed by atoms with Crippen LogP contribution in [0.3, 0.4) is 0 Å². The SMILES string of the molecule is CCCCOCc1ccccc1C(=O)OBr. The second kappa shape index (κ2) is 7.41. The van der Waals surface area contributed by atoms with Crippen molar-refractivity contribution in [2.75, 3.05) is 6.61 Å². The van der Waals surface area contributed by atoms with Gasteiger partial charge in [0.1, 0.15) is 0 Å². The molecule has 1 rings (SSSR count). The Bertz CT molecular complexity index is 339. The van der Waals surface area contributed by atoms with Crippen LogP contribution in [0.5, 0.6) is 0 Å². The van der Waals surface area contributed by atoms with Crippen LogP contribution in [0.15, 0.2) is 24.3 Å². The van der Waals surface area contributed by atoms with Crippen LogP contribution in [-0.4, -0.2) is 12.6 Å². The second-order valence-electron chi connectivity index (χ2n) is 3.43. The second-order valence-corrected chi connectivity index (χ2v) is 3.75. The van der Waals surface area contributed by atoms with Crippen LogP contribution in [0.4, 0.5) is 0 Å². The van der Waals surface area contributed by atoms with E-state index in [1.807, 2.05) is 12.1 Å². The summed E-state index contributed by atoms with van der Waals surface area (Å²) in [4.78, 5) is 11.4. The maximum Gasteiger partial charge on any atom is 0.349 e. The van der Waals surface area contributed by atoms with E-state index in [1.54, 1.807) is 12.1 Å². The third-order valence-corrected chi connectivity index (χ3v) is 2.50. The van der Waals surface area contributed by atoms with E-state index in [2.05, 4.69) is 27.0 Å². The first-order valence-electron chi connectivity index (χ1n) is 5.28. The maximum absolute atomic E-state index is 11.4. The summed E-state index contributed by atoms with van der Waals surface area (Å²) in [5, 5.41) is 0. The lowest BCUT2D eigenvalue weighted by atomic mass is 10.1. The van der Waals surface area contributed by atoms with Crippen LogP contribution in [-0.2, 0) is 15.2 Å². The molecule has 0 amide bonds. The highest BCUT2D eigenvalue weighted by molar-refractivity contribution is 9.06. The molecule has 0 radical (unpaired) electrons. The molecule has 16 heavy (non-hydrogen) atoms. The summed E-state index contributed by atoms with van der Waals surface area (Å²) in [6.45, 7) is 3.27. The summed E-state index contributed by atoms with van der Waals surface area (Å²) in [5.74, 6) is -0.394. The topological polar surface area (TPSA) is 35.5 Å². The van der Waals surface area contributed by atoms with Gasteiger partial charge in [0.05, 0.1) is 12.2 Å². The van der Waals surface area contributed by atoms with Gasteiger partial charge >= 0.3 is 5.97 Å². The van der Waals surface area contributed by atoms with E-state index in [1.165, 1.54) is 0 Å². The quantitative estimate of drug-likeness (QED) is 0.751. The summed E-state index contributed by atoms with van der Waals surface area (Å²) in [7, 11) is 0. The van der Waals surface area contributed by atoms with E-state index in [-0.39, 0.29) is 0 Å². The summed E-state index contributed by atoms with van der Waals surface area (Å²) >= 11 is 2.69. The van der Waals surface area contributed by atoms with Gasteiger partial charge < -0.3 is 8.57 Å². The van der Waals surface area contributed by atoms with Crippen molar-refractivity contribution < 1.29 is 13.4 Å². The Kier molecular flexibility index (Phi) is 6.11. The Morgan fingerprint density at radius 3 is 2.81 bits per heavy atom. The molecule has 4 heteroatoms. The van der Waals surface area contributed by atoms with Crippen LogP contribution in [0.25, 0.3) is 0 Å². The van der Waals surface area contributed by atoms with E-state index in [9.17, 15) is 4.79 Å². The van der Waals surface area contributed by atoms with E-state index in [4.69, 9.17) is 4.74 Å². The fourth-order valence-electron chi connectivity index (χ4n) is 1.32. The van der Waals surface area contributed by atoms with Crippen molar-refractivity contribution >= 4 is 22.2 Å². The van der Waals surface area contributed by atoms with E-state index < -0.39 is 5.97 Å². The molecule has 3 nitrogen and oxygen atoms in total. The van der Waals surface area contributed by atoms with Gasteiger partial charge in [0.2, 0.25) is 0 Å². The lowest BCUT2D eigenvalue weighted by Crippen LogP contribution is -2.05. The van der Waals surface area contributed by atoms with Crippen LogP contribution >= 0.6 is 16.3 Å². The molecule has 0 N–H and O–H groups in total. The highest BCUT2D eigenvalue weighted by atomic mass is 79.9. The van der Waals surface area contributed by atoms with Gasteiger partial charge in [-0.1, -0.05) is 31.5 Å². The fraction of sp³-hybridized carbons (Fsp3) is 0.417. The number of carbonyl (C=O) groups is 1. The van der Waals surface area contributed by atoms with Gasteiger partial charge in [-0.05, 0) is 18.1 Å². The normalized spacial score (nSPS) is 10.1. The highest BCUT2D eigenvalue weighted by Crippen LogP contribution is 2.13. The first-order chi connectivity index (χ1) is 7.79. The number of hydrogen-bond acceptors (Lipinski definition) is 3. The van der Waals surface area contributed by atoms with E-state index in [0.717, 1.165) is 18.4 Å². The molecule has 1 aromatic carbocycles. The molecule has 0 atom stereocenters. The first kappa shape index (κ1) is 13.2. The molecule has 0 unspecified atom stereocenters. The van der Waals surface area contributed by atoms with Gasteiger partial charge in [0.15, 0.2) is 16.3 Å². The van der Waals surface area contributed by atoms with Crippen molar-refractivity contribution in [1.82, 2.24) is 0 Å². The van der Waals surface area contributed by atoms with Crippen LogP contribution in [0, 0.1) is 0 Å². The fourth-order valence-corrected chi connectivity index (χ4v) is 1.49. The molecule has 88 valence electrons. The van der Waals surface area contributed by atoms with Crippen molar-refractivity contribution in [2.24, 2.45) is 0 Å². The zero-order chi connectivity index (χ0) is 11.8. The molecule has 0 spiro atoms. The van der Waals surface area contributed by atoms with Crippen molar-refractivity contribution in [3.8, 4) is 0 Å². The molecule has 0 aliphatic rings. The van der Waals surface area contributed by atoms with Gasteiger partial charge in [0, 0.05) is 6.61 Å². The minimum Gasteiger partial charge on any atom is -0.380 e. The first-order valence-corrected chi connectivity index (χ1v) is 5.93. The number of halogens is 1. The molecule has 1 aromatic rings. The van der Waals surface area contributed by atoms with Crippen molar-refractivity contribution in [3.05, 3.63) is 35.4 Å². The predicted octanol–water partition coefficient (Wildman–Crippen LogP) is 3.47. The van der Waals surface area contributed by atoms with Crippen LogP contribution in [0.1, 0.15) is 35.7 Å². The van der Waals surface area contributed by atoms with Gasteiger partial charge in [-0.2, -0.15) is 0 Å². The molecule has 0 aliphatic heterocycles. The van der Waals surface area contributed by atoms with E-state index in [0.29, 0.717) is 18.8 Å². The number of carbonyl (C=O) groups excluding carboxylic acids is 1. The largest absolute Gasteiger partial charge is 0.380 e.